The summed E-state index contributed by atoms with van der Waals surface area (Å²) in [5.74, 6) is -0.0171. The first-order valence-corrected chi connectivity index (χ1v) is 13.5. The molecule has 2 aromatic carbocycles. The van der Waals surface area contributed by atoms with E-state index in [2.05, 4.69) is 11.8 Å². The van der Waals surface area contributed by atoms with Crippen molar-refractivity contribution in [1.29, 1.82) is 0 Å². The number of rotatable bonds is 11. The van der Waals surface area contributed by atoms with Crippen LogP contribution >= 0.6 is 0 Å². The van der Waals surface area contributed by atoms with Gasteiger partial charge in [-0.25, -0.2) is 0 Å². The minimum atomic E-state index is -0.701. The zero-order chi connectivity index (χ0) is 27.1. The predicted octanol–water partition coefficient (Wildman–Crippen LogP) is 4.33. The molecule has 0 aliphatic carbocycles. The van der Waals surface area contributed by atoms with Crippen molar-refractivity contribution in [1.82, 2.24) is 9.80 Å². The number of aliphatic hydroxyl groups excluding tert-OH is 1. The fourth-order valence-electron chi connectivity index (χ4n) is 4.88. The molecule has 2 saturated heterocycles. The molecule has 2 heterocycles. The molecule has 1 amide bonds. The lowest BCUT2D eigenvalue weighted by molar-refractivity contribution is -0.140. The van der Waals surface area contributed by atoms with Gasteiger partial charge in [0.15, 0.2) is 0 Å². The summed E-state index contributed by atoms with van der Waals surface area (Å²) in [6.07, 6.45) is 2.01. The number of aliphatic hydroxyl groups is 1. The number of ether oxygens (including phenoxy) is 3. The molecule has 0 aromatic heterocycles. The molecule has 0 radical (unpaired) electrons. The standard InChI is InChI=1S/C30H38N2O6/c1-4-6-17-38-24-10-7-22(8-11-24)27-26(28(33)23-9-12-25(37-5-2)21(3)20-23)29(34)30(35)32(27)14-13-31-15-18-36-19-16-31/h7-12,20,27,33H,4-6,13-19H2,1-3H3/b28-26+. The van der Waals surface area contributed by atoms with Gasteiger partial charge < -0.3 is 24.2 Å². The number of morpholine rings is 1. The Morgan fingerprint density at radius 2 is 1.76 bits per heavy atom. The number of unbranched alkanes of at least 4 members (excludes halogenated alkanes) is 1. The summed E-state index contributed by atoms with van der Waals surface area (Å²) in [7, 11) is 0. The number of amides is 1. The van der Waals surface area contributed by atoms with Gasteiger partial charge in [0, 0.05) is 31.7 Å². The van der Waals surface area contributed by atoms with E-state index in [1.807, 2.05) is 38.1 Å². The second kappa shape index (κ2) is 12.9. The zero-order valence-corrected chi connectivity index (χ0v) is 22.6. The maximum Gasteiger partial charge on any atom is 0.295 e. The molecule has 0 bridgehead atoms. The number of Topliss-reactive ketones (excluding diaryl/α,β-unsaturated/α-hetero) is 1. The second-order valence-corrected chi connectivity index (χ2v) is 9.63. The van der Waals surface area contributed by atoms with Crippen molar-refractivity contribution in [3.05, 3.63) is 64.7 Å². The summed E-state index contributed by atoms with van der Waals surface area (Å²) in [5.41, 5.74) is 2.16. The van der Waals surface area contributed by atoms with Crippen LogP contribution in [0.3, 0.4) is 0 Å². The molecular formula is C30H38N2O6. The number of hydrogen-bond donors (Lipinski definition) is 1. The number of aryl methyl sites for hydroxylation is 1. The van der Waals surface area contributed by atoms with Crippen molar-refractivity contribution in [2.45, 2.75) is 39.7 Å². The first-order valence-electron chi connectivity index (χ1n) is 13.5. The number of benzene rings is 2. The van der Waals surface area contributed by atoms with Gasteiger partial charge in [-0.2, -0.15) is 0 Å². The third-order valence-corrected chi connectivity index (χ3v) is 7.01. The highest BCUT2D eigenvalue weighted by Crippen LogP contribution is 2.40. The van der Waals surface area contributed by atoms with Gasteiger partial charge in [0.2, 0.25) is 0 Å². The van der Waals surface area contributed by atoms with Gasteiger partial charge in [0.05, 0.1) is 38.0 Å². The van der Waals surface area contributed by atoms with Crippen LogP contribution in [-0.4, -0.2) is 79.2 Å². The highest BCUT2D eigenvalue weighted by molar-refractivity contribution is 6.46. The Morgan fingerprint density at radius 1 is 1.03 bits per heavy atom. The lowest BCUT2D eigenvalue weighted by atomic mass is 9.94. The summed E-state index contributed by atoms with van der Waals surface area (Å²) in [6, 6.07) is 12.0. The molecule has 1 unspecified atom stereocenters. The van der Waals surface area contributed by atoms with Crippen LogP contribution in [0, 0.1) is 6.92 Å². The maximum absolute atomic E-state index is 13.4. The second-order valence-electron chi connectivity index (χ2n) is 9.63. The van der Waals surface area contributed by atoms with E-state index in [-0.39, 0.29) is 11.3 Å². The van der Waals surface area contributed by atoms with E-state index < -0.39 is 17.7 Å². The first kappa shape index (κ1) is 27.7. The molecule has 2 aliphatic rings. The van der Waals surface area contributed by atoms with Gasteiger partial charge >= 0.3 is 0 Å². The largest absolute Gasteiger partial charge is 0.507 e. The molecule has 38 heavy (non-hydrogen) atoms. The third-order valence-electron chi connectivity index (χ3n) is 7.01. The van der Waals surface area contributed by atoms with Crippen LogP contribution in [0.4, 0.5) is 0 Å². The SMILES string of the molecule is CCCCOc1ccc(C2/C(=C(\O)c3ccc(OCC)c(C)c3)C(=O)C(=O)N2CCN2CCOCC2)cc1. The van der Waals surface area contributed by atoms with Crippen LogP contribution in [0.1, 0.15) is 49.4 Å². The van der Waals surface area contributed by atoms with Crippen molar-refractivity contribution in [3.8, 4) is 11.5 Å². The zero-order valence-electron chi connectivity index (χ0n) is 22.6. The van der Waals surface area contributed by atoms with Crippen LogP contribution in [0.15, 0.2) is 48.0 Å². The highest BCUT2D eigenvalue weighted by atomic mass is 16.5. The Balaban J connectivity index is 1.69. The number of likely N-dealkylation sites (tertiary alicyclic amines) is 1. The monoisotopic (exact) mass is 522 g/mol. The summed E-state index contributed by atoms with van der Waals surface area (Å²) in [5, 5.41) is 11.4. The first-order chi connectivity index (χ1) is 18.4. The van der Waals surface area contributed by atoms with Gasteiger partial charge in [-0.05, 0) is 61.7 Å². The molecule has 2 fully saturated rings. The Kier molecular flexibility index (Phi) is 9.42. The number of carbonyl (C=O) groups is 2. The lowest BCUT2D eigenvalue weighted by Crippen LogP contribution is -2.42. The molecule has 1 N–H and O–H groups in total. The quantitative estimate of drug-likeness (QED) is 0.203. The van der Waals surface area contributed by atoms with Gasteiger partial charge in [-0.3, -0.25) is 14.5 Å². The van der Waals surface area contributed by atoms with E-state index in [9.17, 15) is 14.7 Å². The Labute approximate surface area is 224 Å². The van der Waals surface area contributed by atoms with Crippen LogP contribution in [0.25, 0.3) is 5.76 Å². The van der Waals surface area contributed by atoms with Crippen molar-refractivity contribution in [3.63, 3.8) is 0 Å². The maximum atomic E-state index is 13.4. The van der Waals surface area contributed by atoms with Crippen molar-refractivity contribution < 1.29 is 28.9 Å². The highest BCUT2D eigenvalue weighted by Gasteiger charge is 2.46. The van der Waals surface area contributed by atoms with E-state index in [1.54, 1.807) is 23.1 Å². The van der Waals surface area contributed by atoms with Crippen molar-refractivity contribution in [2.24, 2.45) is 0 Å². The fraction of sp³-hybridized carbons (Fsp3) is 0.467. The van der Waals surface area contributed by atoms with Crippen LogP contribution in [0.2, 0.25) is 0 Å². The van der Waals surface area contributed by atoms with Crippen LogP contribution in [0.5, 0.6) is 11.5 Å². The number of hydrogen-bond acceptors (Lipinski definition) is 7. The Morgan fingerprint density at radius 3 is 2.42 bits per heavy atom. The number of carbonyl (C=O) groups excluding carboxylic acids is 2. The smallest absolute Gasteiger partial charge is 0.295 e. The molecular weight excluding hydrogens is 484 g/mol. The average Bonchev–Trinajstić information content (AvgIpc) is 3.18. The van der Waals surface area contributed by atoms with E-state index in [0.29, 0.717) is 50.8 Å². The molecule has 204 valence electrons. The molecule has 8 heteroatoms. The van der Waals surface area contributed by atoms with E-state index >= 15 is 0 Å². The normalized spacial score (nSPS) is 19.7. The van der Waals surface area contributed by atoms with Crippen LogP contribution in [-0.2, 0) is 14.3 Å². The lowest BCUT2D eigenvalue weighted by Gasteiger charge is -2.31. The summed E-state index contributed by atoms with van der Waals surface area (Å²) in [6.45, 7) is 10.9. The van der Waals surface area contributed by atoms with Crippen molar-refractivity contribution in [2.75, 3.05) is 52.6 Å². The average molecular weight is 523 g/mol. The van der Waals surface area contributed by atoms with Gasteiger partial charge in [0.1, 0.15) is 17.3 Å². The number of ketones is 1. The van der Waals surface area contributed by atoms with Gasteiger partial charge in [-0.15, -0.1) is 0 Å². The molecule has 4 rings (SSSR count). The topological polar surface area (TPSA) is 88.5 Å². The third kappa shape index (κ3) is 6.19. The van der Waals surface area contributed by atoms with E-state index in [4.69, 9.17) is 14.2 Å². The van der Waals surface area contributed by atoms with Crippen LogP contribution < -0.4 is 9.47 Å². The molecule has 2 aromatic rings. The summed E-state index contributed by atoms with van der Waals surface area (Å²) >= 11 is 0. The molecule has 0 saturated carbocycles. The van der Waals surface area contributed by atoms with E-state index in [0.717, 1.165) is 42.8 Å². The fourth-order valence-corrected chi connectivity index (χ4v) is 4.88. The van der Waals surface area contributed by atoms with Gasteiger partial charge in [0.25, 0.3) is 11.7 Å². The number of nitrogens with zero attached hydrogens (tertiary/aromatic N) is 2. The summed E-state index contributed by atoms with van der Waals surface area (Å²) in [4.78, 5) is 30.5. The summed E-state index contributed by atoms with van der Waals surface area (Å²) < 4.78 is 16.9. The molecule has 1 atom stereocenters. The minimum Gasteiger partial charge on any atom is -0.507 e. The minimum absolute atomic E-state index is 0.0974. The molecule has 8 nitrogen and oxygen atoms in total. The van der Waals surface area contributed by atoms with Gasteiger partial charge in [-0.1, -0.05) is 25.5 Å². The van der Waals surface area contributed by atoms with Crippen molar-refractivity contribution >= 4 is 17.4 Å². The molecule has 0 spiro atoms. The predicted molar refractivity (Wildman–Crippen MR) is 145 cm³/mol. The molecule has 2 aliphatic heterocycles. The Hall–Kier alpha value is -3.36. The Bertz CT molecular complexity index is 1150. The van der Waals surface area contributed by atoms with E-state index in [1.165, 1.54) is 0 Å².